The topological polar surface area (TPSA) is 112 Å². The lowest BCUT2D eigenvalue weighted by Gasteiger charge is -2.34. The predicted molar refractivity (Wildman–Crippen MR) is 179 cm³/mol. The van der Waals surface area contributed by atoms with E-state index in [4.69, 9.17) is 0 Å². The van der Waals surface area contributed by atoms with Crippen LogP contribution in [0.4, 0.5) is 22.0 Å². The minimum absolute atomic E-state index is 0.0682. The Balaban J connectivity index is 0.936. The number of carbonyl (C=O) groups is 2. The minimum Gasteiger partial charge on any atom is -0.338 e. The second-order valence-electron chi connectivity index (χ2n) is 11.7. The van der Waals surface area contributed by atoms with Crippen LogP contribution in [0, 0.1) is 6.92 Å². The Morgan fingerprint density at radius 1 is 1.00 bits per heavy atom. The molecule has 3 aromatic carbocycles. The number of hydrogen-bond acceptors (Lipinski definition) is 8. The van der Waals surface area contributed by atoms with Crippen LogP contribution in [-0.2, 0) is 26.7 Å². The standard InChI is InChI=1S/C34H35N9O2S/c1-23-17-26(33(44)43-21-28-19-36-40(2)32(28)37-29-5-3-4-6-31(29)43)11-12-27(23)18-35-34(45)42-15-13-41(14-16-42)20-24-7-9-25(10-8-24)30-22-46-39-38-30/h3-12,17,19,22,37H,13-16,18,20-21H2,1-2H3,(H,35,45). The Hall–Kier alpha value is -5.07. The molecule has 1 saturated heterocycles. The molecule has 0 aliphatic carbocycles. The van der Waals surface area contributed by atoms with Crippen molar-refractivity contribution >= 4 is 40.7 Å². The Morgan fingerprint density at radius 3 is 2.57 bits per heavy atom. The molecule has 2 aliphatic heterocycles. The van der Waals surface area contributed by atoms with Crippen LogP contribution < -0.4 is 15.5 Å². The van der Waals surface area contributed by atoms with Crippen LogP contribution in [0.5, 0.6) is 0 Å². The Labute approximate surface area is 271 Å². The van der Waals surface area contributed by atoms with Crippen LogP contribution in [-0.4, -0.2) is 67.3 Å². The summed E-state index contributed by atoms with van der Waals surface area (Å²) in [5, 5.41) is 17.0. The molecule has 4 heterocycles. The average molecular weight is 634 g/mol. The average Bonchev–Trinajstić information content (AvgIpc) is 3.70. The van der Waals surface area contributed by atoms with Gasteiger partial charge in [-0.1, -0.05) is 47.0 Å². The molecule has 0 unspecified atom stereocenters. The Kier molecular flexibility index (Phi) is 8.20. The lowest BCUT2D eigenvalue weighted by atomic mass is 10.0. The van der Waals surface area contributed by atoms with Crippen molar-refractivity contribution in [1.82, 2.24) is 34.5 Å². The van der Waals surface area contributed by atoms with Gasteiger partial charge in [0, 0.05) is 68.4 Å². The van der Waals surface area contributed by atoms with Gasteiger partial charge in [-0.05, 0) is 59.4 Å². The Bertz CT molecular complexity index is 1860. The van der Waals surface area contributed by atoms with Crippen molar-refractivity contribution in [2.24, 2.45) is 7.05 Å². The van der Waals surface area contributed by atoms with Gasteiger partial charge in [0.15, 0.2) is 0 Å². The number of piperazine rings is 1. The highest BCUT2D eigenvalue weighted by Gasteiger charge is 2.27. The van der Waals surface area contributed by atoms with Crippen molar-refractivity contribution in [3.05, 3.63) is 106 Å². The summed E-state index contributed by atoms with van der Waals surface area (Å²) in [5.74, 6) is 0.789. The van der Waals surface area contributed by atoms with Gasteiger partial charge >= 0.3 is 6.03 Å². The second kappa shape index (κ2) is 12.7. The molecule has 234 valence electrons. The third-order valence-corrected chi connectivity index (χ3v) is 9.24. The van der Waals surface area contributed by atoms with Crippen LogP contribution in [0.1, 0.15) is 32.6 Å². The molecule has 2 aliphatic rings. The number of anilines is 3. The first-order valence-corrected chi connectivity index (χ1v) is 16.2. The molecule has 0 bridgehead atoms. The lowest BCUT2D eigenvalue weighted by molar-refractivity contribution is 0.0985. The maximum Gasteiger partial charge on any atom is 0.317 e. The molecular weight excluding hydrogens is 599 g/mol. The first-order valence-electron chi connectivity index (χ1n) is 15.3. The molecular formula is C34H35N9O2S. The number of aryl methyl sites for hydroxylation is 2. The van der Waals surface area contributed by atoms with Crippen molar-refractivity contribution in [3.8, 4) is 11.3 Å². The van der Waals surface area contributed by atoms with E-state index in [2.05, 4.69) is 54.5 Å². The number of nitrogens with one attached hydrogen (secondary N) is 2. The van der Waals surface area contributed by atoms with Gasteiger partial charge in [0.1, 0.15) is 11.5 Å². The van der Waals surface area contributed by atoms with Crippen LogP contribution in [0.15, 0.2) is 78.3 Å². The van der Waals surface area contributed by atoms with Crippen LogP contribution >= 0.6 is 11.5 Å². The summed E-state index contributed by atoms with van der Waals surface area (Å²) < 4.78 is 5.73. The molecule has 5 aromatic rings. The van der Waals surface area contributed by atoms with E-state index in [0.717, 1.165) is 64.8 Å². The molecule has 7 rings (SSSR count). The summed E-state index contributed by atoms with van der Waals surface area (Å²) in [6.45, 7) is 6.61. The number of amides is 3. The summed E-state index contributed by atoms with van der Waals surface area (Å²) >= 11 is 1.35. The number of para-hydroxylation sites is 2. The smallest absolute Gasteiger partial charge is 0.317 e. The molecule has 2 aromatic heterocycles. The zero-order valence-corrected chi connectivity index (χ0v) is 26.6. The molecule has 1 fully saturated rings. The van der Waals surface area contributed by atoms with Crippen molar-refractivity contribution in [2.75, 3.05) is 36.4 Å². The molecule has 3 amide bonds. The molecule has 46 heavy (non-hydrogen) atoms. The number of benzene rings is 3. The molecule has 2 N–H and O–H groups in total. The van der Waals surface area contributed by atoms with E-state index in [1.807, 2.05) is 66.7 Å². The van der Waals surface area contributed by atoms with Gasteiger partial charge in [0.05, 0.1) is 24.1 Å². The lowest BCUT2D eigenvalue weighted by Crippen LogP contribution is -2.51. The van der Waals surface area contributed by atoms with Gasteiger partial charge < -0.3 is 20.4 Å². The third-order valence-electron chi connectivity index (χ3n) is 8.73. The van der Waals surface area contributed by atoms with Crippen molar-refractivity contribution in [3.63, 3.8) is 0 Å². The number of urea groups is 1. The van der Waals surface area contributed by atoms with E-state index in [1.54, 1.807) is 15.8 Å². The molecule has 0 spiro atoms. The molecule has 0 atom stereocenters. The van der Waals surface area contributed by atoms with E-state index >= 15 is 0 Å². The van der Waals surface area contributed by atoms with E-state index in [-0.39, 0.29) is 11.9 Å². The first kappa shape index (κ1) is 29.6. The van der Waals surface area contributed by atoms with Crippen LogP contribution in [0.25, 0.3) is 11.3 Å². The third kappa shape index (κ3) is 6.09. The SMILES string of the molecule is Cc1cc(C(=O)N2Cc3cnn(C)c3Nc3ccccc32)ccc1CNC(=O)N1CCN(Cc2ccc(-c3csnn3)cc2)CC1. The fourth-order valence-electron chi connectivity index (χ4n) is 6.04. The monoisotopic (exact) mass is 633 g/mol. The van der Waals surface area contributed by atoms with Gasteiger partial charge in [-0.2, -0.15) is 5.10 Å². The van der Waals surface area contributed by atoms with Crippen molar-refractivity contribution < 1.29 is 9.59 Å². The van der Waals surface area contributed by atoms with Crippen molar-refractivity contribution in [1.29, 1.82) is 0 Å². The van der Waals surface area contributed by atoms with Gasteiger partial charge in [0.25, 0.3) is 5.91 Å². The van der Waals surface area contributed by atoms with Gasteiger partial charge in [-0.3, -0.25) is 14.4 Å². The maximum atomic E-state index is 13.9. The summed E-state index contributed by atoms with van der Waals surface area (Å²) in [5.41, 5.74) is 8.36. The van der Waals surface area contributed by atoms with E-state index in [9.17, 15) is 9.59 Å². The quantitative estimate of drug-likeness (QED) is 0.265. The fraction of sp³-hybridized carbons (Fsp3) is 0.265. The summed E-state index contributed by atoms with van der Waals surface area (Å²) in [7, 11) is 1.89. The van der Waals surface area contributed by atoms with Crippen molar-refractivity contribution in [2.45, 2.75) is 26.6 Å². The van der Waals surface area contributed by atoms with E-state index in [0.29, 0.717) is 31.7 Å². The fourth-order valence-corrected chi connectivity index (χ4v) is 6.51. The van der Waals surface area contributed by atoms with E-state index < -0.39 is 0 Å². The Morgan fingerprint density at radius 2 is 1.80 bits per heavy atom. The van der Waals surface area contributed by atoms with Gasteiger partial charge in [-0.15, -0.1) is 5.10 Å². The molecule has 0 radical (unpaired) electrons. The number of carbonyl (C=O) groups excluding carboxylic acids is 2. The predicted octanol–water partition coefficient (Wildman–Crippen LogP) is 5.18. The molecule has 12 heteroatoms. The van der Waals surface area contributed by atoms with Crippen LogP contribution in [0.3, 0.4) is 0 Å². The molecule has 11 nitrogen and oxygen atoms in total. The highest BCUT2D eigenvalue weighted by Crippen LogP contribution is 2.36. The largest absolute Gasteiger partial charge is 0.338 e. The number of hydrogen-bond donors (Lipinski definition) is 2. The first-order chi connectivity index (χ1) is 22.4. The summed E-state index contributed by atoms with van der Waals surface area (Å²) in [6.07, 6.45) is 1.80. The zero-order chi connectivity index (χ0) is 31.6. The van der Waals surface area contributed by atoms with Gasteiger partial charge in [0.2, 0.25) is 0 Å². The summed E-state index contributed by atoms with van der Waals surface area (Å²) in [6, 6.07) is 21.9. The highest BCUT2D eigenvalue weighted by molar-refractivity contribution is 7.03. The van der Waals surface area contributed by atoms with E-state index in [1.165, 1.54) is 17.1 Å². The number of aromatic nitrogens is 4. The number of rotatable bonds is 6. The maximum absolute atomic E-state index is 13.9. The van der Waals surface area contributed by atoms with Gasteiger partial charge in [-0.25, -0.2) is 4.79 Å². The molecule has 0 saturated carbocycles. The zero-order valence-electron chi connectivity index (χ0n) is 25.8. The second-order valence-corrected chi connectivity index (χ2v) is 12.3. The minimum atomic E-state index is -0.0878. The normalized spacial score (nSPS) is 14.7. The van der Waals surface area contributed by atoms with Crippen LogP contribution in [0.2, 0.25) is 0 Å². The summed E-state index contributed by atoms with van der Waals surface area (Å²) in [4.78, 5) is 32.9. The highest BCUT2D eigenvalue weighted by atomic mass is 32.1. The number of fused-ring (bicyclic) bond motifs is 2. The number of nitrogens with zero attached hydrogens (tertiary/aromatic N) is 7.